The second-order valence-electron chi connectivity index (χ2n) is 6.99. The van der Waals surface area contributed by atoms with E-state index >= 15 is 0 Å². The Balaban J connectivity index is 1.43. The van der Waals surface area contributed by atoms with Gasteiger partial charge in [0.15, 0.2) is 0 Å². The molecule has 0 amide bonds. The molecule has 2 aromatic heterocycles. The maximum absolute atomic E-state index is 13.0. The molecule has 2 aliphatic rings. The van der Waals surface area contributed by atoms with Crippen molar-refractivity contribution in [2.75, 3.05) is 6.54 Å². The molecule has 0 radical (unpaired) electrons. The van der Waals surface area contributed by atoms with Crippen molar-refractivity contribution in [3.63, 3.8) is 0 Å². The van der Waals surface area contributed by atoms with Gasteiger partial charge in [-0.2, -0.15) is 9.40 Å². The van der Waals surface area contributed by atoms with E-state index in [1.54, 1.807) is 24.5 Å². The SMILES string of the molecule is O=S(=O)(c1ccc2nc[nH]c2c1)N1CCn2nc([C@@H](O)C3CC3)cc2C1. The summed E-state index contributed by atoms with van der Waals surface area (Å²) in [6.07, 6.45) is 3.06. The van der Waals surface area contributed by atoms with E-state index in [1.165, 1.54) is 4.31 Å². The Bertz CT molecular complexity index is 1080. The van der Waals surface area contributed by atoms with E-state index in [0.29, 0.717) is 30.2 Å². The van der Waals surface area contributed by atoms with Gasteiger partial charge in [-0.1, -0.05) is 0 Å². The lowest BCUT2D eigenvalue weighted by atomic mass is 10.1. The second kappa shape index (κ2) is 5.63. The summed E-state index contributed by atoms with van der Waals surface area (Å²) in [5, 5.41) is 14.7. The summed E-state index contributed by atoms with van der Waals surface area (Å²) in [6, 6.07) is 6.75. The van der Waals surface area contributed by atoms with E-state index in [9.17, 15) is 13.5 Å². The molecule has 0 spiro atoms. The third-order valence-corrected chi connectivity index (χ3v) is 7.02. The molecule has 1 aromatic carbocycles. The van der Waals surface area contributed by atoms with E-state index < -0.39 is 16.1 Å². The highest BCUT2D eigenvalue weighted by Crippen LogP contribution is 2.40. The van der Waals surface area contributed by atoms with Gasteiger partial charge in [0.25, 0.3) is 0 Å². The Labute approximate surface area is 150 Å². The lowest BCUT2D eigenvalue weighted by Gasteiger charge is -2.26. The smallest absolute Gasteiger partial charge is 0.243 e. The van der Waals surface area contributed by atoms with Crippen LogP contribution in [0.2, 0.25) is 0 Å². The number of aromatic amines is 1. The zero-order valence-electron chi connectivity index (χ0n) is 14.0. The molecule has 9 heteroatoms. The first kappa shape index (κ1) is 16.0. The number of aromatic nitrogens is 4. The first-order valence-corrected chi connectivity index (χ1v) is 10.1. The van der Waals surface area contributed by atoms with E-state index in [-0.39, 0.29) is 11.4 Å². The van der Waals surface area contributed by atoms with Gasteiger partial charge in [0, 0.05) is 6.54 Å². The number of imidazole rings is 1. The minimum absolute atomic E-state index is 0.250. The van der Waals surface area contributed by atoms with E-state index in [1.807, 2.05) is 10.7 Å². The Morgan fingerprint density at radius 2 is 2.08 bits per heavy atom. The second-order valence-corrected chi connectivity index (χ2v) is 8.92. The molecule has 1 atom stereocenters. The molecular weight excluding hydrogens is 354 g/mol. The fourth-order valence-corrected chi connectivity index (χ4v) is 4.92. The molecule has 1 saturated carbocycles. The number of nitrogens with one attached hydrogen (secondary N) is 1. The number of nitrogens with zero attached hydrogens (tertiary/aromatic N) is 4. The van der Waals surface area contributed by atoms with Crippen molar-refractivity contribution in [3.8, 4) is 0 Å². The molecule has 3 aromatic rings. The Hall–Kier alpha value is -2.23. The van der Waals surface area contributed by atoms with Crippen molar-refractivity contribution in [3.05, 3.63) is 42.0 Å². The number of hydrogen-bond acceptors (Lipinski definition) is 5. The van der Waals surface area contributed by atoms with Crippen molar-refractivity contribution < 1.29 is 13.5 Å². The molecule has 0 unspecified atom stereocenters. The summed E-state index contributed by atoms with van der Waals surface area (Å²) in [7, 11) is -3.61. The van der Waals surface area contributed by atoms with Crippen molar-refractivity contribution in [1.82, 2.24) is 24.1 Å². The topological polar surface area (TPSA) is 104 Å². The molecule has 3 heterocycles. The van der Waals surface area contributed by atoms with Gasteiger partial charge < -0.3 is 10.1 Å². The number of H-pyrrole nitrogens is 1. The number of aliphatic hydroxyl groups is 1. The van der Waals surface area contributed by atoms with Gasteiger partial charge in [-0.15, -0.1) is 0 Å². The fourth-order valence-electron chi connectivity index (χ4n) is 3.49. The minimum Gasteiger partial charge on any atom is -0.386 e. The molecule has 5 rings (SSSR count). The van der Waals surface area contributed by atoms with E-state index in [4.69, 9.17) is 0 Å². The maximum Gasteiger partial charge on any atom is 0.243 e. The van der Waals surface area contributed by atoms with Gasteiger partial charge >= 0.3 is 0 Å². The zero-order valence-corrected chi connectivity index (χ0v) is 14.9. The van der Waals surface area contributed by atoms with Gasteiger partial charge in [0.05, 0.1) is 46.7 Å². The van der Waals surface area contributed by atoms with Crippen molar-refractivity contribution in [1.29, 1.82) is 0 Å². The standard InChI is InChI=1S/C17H19N5O3S/c23-17(11-1-2-11)16-7-12-9-21(5-6-22(12)20-16)26(24,25)13-3-4-14-15(8-13)19-10-18-14/h3-4,7-8,10-11,17,23H,1-2,5-6,9H2,(H,18,19)/t17-/m0/s1. The highest BCUT2D eigenvalue weighted by Gasteiger charge is 2.35. The molecule has 0 bridgehead atoms. The number of fused-ring (bicyclic) bond motifs is 2. The average Bonchev–Trinajstić information content (AvgIpc) is 3.23. The van der Waals surface area contributed by atoms with Crippen LogP contribution in [0.4, 0.5) is 0 Å². The predicted molar refractivity (Wildman–Crippen MR) is 93.6 cm³/mol. The fraction of sp³-hybridized carbons (Fsp3) is 0.412. The number of aliphatic hydroxyl groups excluding tert-OH is 1. The highest BCUT2D eigenvalue weighted by molar-refractivity contribution is 7.89. The third kappa shape index (κ3) is 2.54. The summed E-state index contributed by atoms with van der Waals surface area (Å²) < 4.78 is 29.3. The minimum atomic E-state index is -3.61. The highest BCUT2D eigenvalue weighted by atomic mass is 32.2. The lowest BCUT2D eigenvalue weighted by Crippen LogP contribution is -2.38. The maximum atomic E-state index is 13.0. The lowest BCUT2D eigenvalue weighted by molar-refractivity contribution is 0.148. The van der Waals surface area contributed by atoms with E-state index in [2.05, 4.69) is 15.1 Å². The molecule has 26 heavy (non-hydrogen) atoms. The van der Waals surface area contributed by atoms with Crippen LogP contribution in [0.1, 0.15) is 30.3 Å². The molecule has 8 nitrogen and oxygen atoms in total. The Kier molecular flexibility index (Phi) is 3.46. The third-order valence-electron chi connectivity index (χ3n) is 5.18. The quantitative estimate of drug-likeness (QED) is 0.719. The molecule has 0 saturated heterocycles. The summed E-state index contributed by atoms with van der Waals surface area (Å²) in [5.41, 5.74) is 2.90. The van der Waals surface area contributed by atoms with Crippen LogP contribution < -0.4 is 0 Å². The number of sulfonamides is 1. The molecule has 1 aliphatic heterocycles. The van der Waals surface area contributed by atoms with Crippen LogP contribution in [0.25, 0.3) is 11.0 Å². The number of hydrogen-bond donors (Lipinski definition) is 2. The van der Waals surface area contributed by atoms with Crippen LogP contribution in [0.15, 0.2) is 35.5 Å². The Morgan fingerprint density at radius 3 is 2.88 bits per heavy atom. The zero-order chi connectivity index (χ0) is 17.9. The molecule has 2 N–H and O–H groups in total. The number of benzene rings is 1. The Morgan fingerprint density at radius 1 is 1.23 bits per heavy atom. The van der Waals surface area contributed by atoms with Gasteiger partial charge in [-0.05, 0) is 43.0 Å². The summed E-state index contributed by atoms with van der Waals surface area (Å²) in [4.78, 5) is 7.32. The van der Waals surface area contributed by atoms with Gasteiger partial charge in [-0.25, -0.2) is 13.4 Å². The summed E-state index contributed by atoms with van der Waals surface area (Å²) in [5.74, 6) is 0.299. The molecular formula is C17H19N5O3S. The summed E-state index contributed by atoms with van der Waals surface area (Å²) in [6.45, 7) is 1.10. The first-order chi connectivity index (χ1) is 12.5. The van der Waals surface area contributed by atoms with Crippen molar-refractivity contribution >= 4 is 21.1 Å². The van der Waals surface area contributed by atoms with Crippen LogP contribution >= 0.6 is 0 Å². The average molecular weight is 373 g/mol. The monoisotopic (exact) mass is 373 g/mol. The van der Waals surface area contributed by atoms with Gasteiger partial charge in [0.1, 0.15) is 6.10 Å². The predicted octanol–water partition coefficient (Wildman–Crippen LogP) is 1.41. The largest absolute Gasteiger partial charge is 0.386 e. The van der Waals surface area contributed by atoms with E-state index in [0.717, 1.165) is 24.1 Å². The molecule has 1 fully saturated rings. The van der Waals surface area contributed by atoms with Crippen LogP contribution in [-0.2, 0) is 23.1 Å². The number of rotatable bonds is 4. The van der Waals surface area contributed by atoms with Crippen LogP contribution in [0, 0.1) is 5.92 Å². The van der Waals surface area contributed by atoms with Crippen LogP contribution in [0.3, 0.4) is 0 Å². The molecule has 1 aliphatic carbocycles. The normalized spacial score (nSPS) is 19.6. The first-order valence-electron chi connectivity index (χ1n) is 8.70. The van der Waals surface area contributed by atoms with Gasteiger partial charge in [-0.3, -0.25) is 4.68 Å². The summed E-state index contributed by atoms with van der Waals surface area (Å²) >= 11 is 0. The van der Waals surface area contributed by atoms with Crippen LogP contribution in [0.5, 0.6) is 0 Å². The van der Waals surface area contributed by atoms with Crippen LogP contribution in [-0.4, -0.2) is 44.1 Å². The molecule has 136 valence electrons. The van der Waals surface area contributed by atoms with Gasteiger partial charge in [0.2, 0.25) is 10.0 Å². The van der Waals surface area contributed by atoms with Crippen molar-refractivity contribution in [2.24, 2.45) is 5.92 Å². The van der Waals surface area contributed by atoms with Crippen molar-refractivity contribution in [2.45, 2.75) is 36.9 Å².